The molecule has 2 rings (SSSR count). The van der Waals surface area contributed by atoms with Crippen molar-refractivity contribution in [3.8, 4) is 0 Å². The lowest BCUT2D eigenvalue weighted by molar-refractivity contribution is -0.149. The molecule has 0 aromatic carbocycles. The van der Waals surface area contributed by atoms with Gasteiger partial charge in [0, 0.05) is 19.1 Å². The molecule has 4 heteroatoms. The summed E-state index contributed by atoms with van der Waals surface area (Å²) in [6.07, 6.45) is 7.40. The normalized spacial score (nSPS) is 31.8. The number of amides is 1. The summed E-state index contributed by atoms with van der Waals surface area (Å²) in [6.45, 7) is 3.23. The highest BCUT2D eigenvalue weighted by atomic mass is 16.3. The van der Waals surface area contributed by atoms with Gasteiger partial charge in [-0.15, -0.1) is 0 Å². The lowest BCUT2D eigenvalue weighted by Gasteiger charge is -2.45. The summed E-state index contributed by atoms with van der Waals surface area (Å²) in [5, 5.41) is 9.23. The van der Waals surface area contributed by atoms with Gasteiger partial charge in [0.15, 0.2) is 0 Å². The highest BCUT2D eigenvalue weighted by Crippen LogP contribution is 2.41. The van der Waals surface area contributed by atoms with E-state index >= 15 is 0 Å². The third-order valence-corrected chi connectivity index (χ3v) is 5.19. The third kappa shape index (κ3) is 2.95. The Balaban J connectivity index is 2.08. The Morgan fingerprint density at radius 3 is 2.37 bits per heavy atom. The summed E-state index contributed by atoms with van der Waals surface area (Å²) in [7, 11) is 0. The van der Waals surface area contributed by atoms with Gasteiger partial charge < -0.3 is 15.7 Å². The fourth-order valence-corrected chi connectivity index (χ4v) is 3.38. The molecule has 1 amide bonds. The highest BCUT2D eigenvalue weighted by Gasteiger charge is 2.44. The highest BCUT2D eigenvalue weighted by molar-refractivity contribution is 5.83. The molecule has 0 radical (unpaired) electrons. The summed E-state index contributed by atoms with van der Waals surface area (Å²) in [6, 6.07) is 0.349. The molecule has 0 spiro atoms. The largest absolute Gasteiger partial charge is 0.395 e. The topological polar surface area (TPSA) is 66.6 Å². The summed E-state index contributed by atoms with van der Waals surface area (Å²) in [5.41, 5.74) is 5.62. The fourth-order valence-electron chi connectivity index (χ4n) is 3.38. The molecule has 0 heterocycles. The van der Waals surface area contributed by atoms with Gasteiger partial charge in [0.2, 0.25) is 5.91 Å². The van der Waals surface area contributed by atoms with Gasteiger partial charge in [0.05, 0.1) is 12.0 Å². The van der Waals surface area contributed by atoms with E-state index in [0.29, 0.717) is 25.0 Å². The van der Waals surface area contributed by atoms with Crippen molar-refractivity contribution < 1.29 is 9.90 Å². The Morgan fingerprint density at radius 1 is 1.32 bits per heavy atom. The second-order valence-electron chi connectivity index (χ2n) is 6.47. The zero-order valence-electron chi connectivity index (χ0n) is 12.1. The zero-order valence-corrected chi connectivity index (χ0v) is 12.1. The lowest BCUT2D eigenvalue weighted by Crippen LogP contribution is -2.55. The first-order valence-corrected chi connectivity index (χ1v) is 7.75. The van der Waals surface area contributed by atoms with Crippen LogP contribution in [-0.4, -0.2) is 41.7 Å². The van der Waals surface area contributed by atoms with Gasteiger partial charge in [-0.25, -0.2) is 0 Å². The third-order valence-electron chi connectivity index (χ3n) is 5.19. The Bertz CT molecular complexity index is 307. The molecule has 2 saturated carbocycles. The van der Waals surface area contributed by atoms with Crippen molar-refractivity contribution in [2.75, 3.05) is 19.7 Å². The van der Waals surface area contributed by atoms with Crippen LogP contribution in [0.5, 0.6) is 0 Å². The van der Waals surface area contributed by atoms with Crippen LogP contribution in [0.25, 0.3) is 0 Å². The van der Waals surface area contributed by atoms with E-state index in [2.05, 4.69) is 6.92 Å². The van der Waals surface area contributed by atoms with E-state index in [1.165, 1.54) is 6.42 Å². The molecule has 0 aromatic heterocycles. The second-order valence-corrected chi connectivity index (χ2v) is 6.47. The molecule has 0 unspecified atom stereocenters. The first kappa shape index (κ1) is 14.8. The number of rotatable bonds is 5. The number of hydrogen-bond donors (Lipinski definition) is 2. The number of hydrogen-bond acceptors (Lipinski definition) is 3. The fraction of sp³-hybridized carbons (Fsp3) is 0.933. The minimum absolute atomic E-state index is 0.0549. The number of aliphatic hydroxyl groups excluding tert-OH is 1. The van der Waals surface area contributed by atoms with Crippen molar-refractivity contribution in [3.05, 3.63) is 0 Å². The van der Waals surface area contributed by atoms with E-state index < -0.39 is 0 Å². The average Bonchev–Trinajstić information content (AvgIpc) is 2.37. The standard InChI is InChI=1S/C15H28N2O2/c1-12-5-7-15(11-16,8-6-12)14(19)17(9-10-18)13-3-2-4-13/h12-13,18H,2-11,16H2,1H3. The molecule has 2 fully saturated rings. The molecule has 0 saturated heterocycles. The number of aliphatic hydroxyl groups is 1. The molecule has 19 heavy (non-hydrogen) atoms. The number of nitrogens with zero attached hydrogens (tertiary/aromatic N) is 1. The molecule has 3 N–H and O–H groups in total. The Morgan fingerprint density at radius 2 is 1.95 bits per heavy atom. The first-order valence-electron chi connectivity index (χ1n) is 7.75. The van der Waals surface area contributed by atoms with Crippen LogP contribution < -0.4 is 5.73 Å². The molecular formula is C15H28N2O2. The smallest absolute Gasteiger partial charge is 0.230 e. The van der Waals surface area contributed by atoms with Crippen molar-refractivity contribution in [1.29, 1.82) is 0 Å². The number of nitrogens with two attached hydrogens (primary N) is 1. The van der Waals surface area contributed by atoms with Crippen molar-refractivity contribution in [2.45, 2.75) is 57.9 Å². The molecule has 2 aliphatic rings. The predicted molar refractivity (Wildman–Crippen MR) is 75.6 cm³/mol. The van der Waals surface area contributed by atoms with Crippen molar-refractivity contribution in [2.24, 2.45) is 17.1 Å². The molecule has 0 atom stereocenters. The average molecular weight is 268 g/mol. The second kappa shape index (κ2) is 6.23. The zero-order chi connectivity index (χ0) is 13.9. The Kier molecular flexibility index (Phi) is 4.85. The minimum Gasteiger partial charge on any atom is -0.395 e. The van der Waals surface area contributed by atoms with E-state index in [4.69, 9.17) is 5.73 Å². The van der Waals surface area contributed by atoms with Gasteiger partial charge in [0.25, 0.3) is 0 Å². The maximum absolute atomic E-state index is 12.9. The van der Waals surface area contributed by atoms with Gasteiger partial charge in [-0.3, -0.25) is 4.79 Å². The van der Waals surface area contributed by atoms with E-state index in [1.807, 2.05) is 4.90 Å². The first-order chi connectivity index (χ1) is 9.13. The Labute approximate surface area is 116 Å². The van der Waals surface area contributed by atoms with Crippen molar-refractivity contribution in [1.82, 2.24) is 4.90 Å². The van der Waals surface area contributed by atoms with Crippen LogP contribution in [0.15, 0.2) is 0 Å². The van der Waals surface area contributed by atoms with Crippen LogP contribution in [0.2, 0.25) is 0 Å². The Hall–Kier alpha value is -0.610. The number of carbonyl (C=O) groups is 1. The van der Waals surface area contributed by atoms with E-state index in [1.54, 1.807) is 0 Å². The molecular weight excluding hydrogens is 240 g/mol. The SMILES string of the molecule is CC1CCC(CN)(C(=O)N(CCO)C2CCC2)CC1. The molecule has 110 valence electrons. The molecule has 0 aromatic rings. The van der Waals surface area contributed by atoms with Gasteiger partial charge in [-0.05, 0) is 50.9 Å². The molecule has 4 nitrogen and oxygen atoms in total. The van der Waals surface area contributed by atoms with Crippen LogP contribution in [-0.2, 0) is 4.79 Å². The van der Waals surface area contributed by atoms with Crippen LogP contribution in [0.1, 0.15) is 51.9 Å². The molecule has 0 aliphatic heterocycles. The monoisotopic (exact) mass is 268 g/mol. The van der Waals surface area contributed by atoms with Gasteiger partial charge in [0.1, 0.15) is 0 Å². The van der Waals surface area contributed by atoms with Crippen molar-refractivity contribution in [3.63, 3.8) is 0 Å². The van der Waals surface area contributed by atoms with Gasteiger partial charge in [-0.2, -0.15) is 0 Å². The van der Waals surface area contributed by atoms with Gasteiger partial charge >= 0.3 is 0 Å². The molecule has 0 bridgehead atoms. The maximum Gasteiger partial charge on any atom is 0.230 e. The van der Waals surface area contributed by atoms with E-state index in [-0.39, 0.29) is 17.9 Å². The van der Waals surface area contributed by atoms with Gasteiger partial charge in [-0.1, -0.05) is 6.92 Å². The van der Waals surface area contributed by atoms with E-state index in [0.717, 1.165) is 38.5 Å². The minimum atomic E-state index is -0.350. The quantitative estimate of drug-likeness (QED) is 0.794. The van der Waals surface area contributed by atoms with Crippen LogP contribution in [0.3, 0.4) is 0 Å². The summed E-state index contributed by atoms with van der Waals surface area (Å²) >= 11 is 0. The summed E-state index contributed by atoms with van der Waals surface area (Å²) in [4.78, 5) is 14.8. The van der Waals surface area contributed by atoms with Crippen molar-refractivity contribution >= 4 is 5.91 Å². The summed E-state index contributed by atoms with van der Waals surface area (Å²) < 4.78 is 0. The van der Waals surface area contributed by atoms with Crippen LogP contribution in [0.4, 0.5) is 0 Å². The molecule has 2 aliphatic carbocycles. The summed E-state index contributed by atoms with van der Waals surface area (Å²) in [5.74, 6) is 0.920. The number of carbonyl (C=O) groups excluding carboxylic acids is 1. The van der Waals surface area contributed by atoms with E-state index in [9.17, 15) is 9.90 Å². The van der Waals surface area contributed by atoms with Crippen LogP contribution in [0, 0.1) is 11.3 Å². The van der Waals surface area contributed by atoms with Crippen LogP contribution >= 0.6 is 0 Å². The lowest BCUT2D eigenvalue weighted by atomic mass is 9.69. The predicted octanol–water partition coefficient (Wildman–Crippen LogP) is 1.51. The maximum atomic E-state index is 12.9.